The average molecular weight is 598 g/mol. The molecule has 0 saturated carbocycles. The summed E-state index contributed by atoms with van der Waals surface area (Å²) in [5.74, 6) is 1.79. The molecule has 0 aliphatic carbocycles. The lowest BCUT2D eigenvalue weighted by Crippen LogP contribution is -2.03. The van der Waals surface area contributed by atoms with Crippen LogP contribution in [0.3, 0.4) is 0 Å². The smallest absolute Gasteiger partial charge is 0.336 e. The summed E-state index contributed by atoms with van der Waals surface area (Å²) in [6.45, 7) is 7.98. The summed E-state index contributed by atoms with van der Waals surface area (Å²) in [6.07, 6.45) is 19.9. The SMILES string of the molecule is CCCCCCCCOc1ccc(/C=C/C(=O)Oc2ccc(C=Nc3cccc(OCCCCCCCC)c3C)cc2)cc1. The predicted molar refractivity (Wildman–Crippen MR) is 184 cm³/mol. The second kappa shape index (κ2) is 20.9. The highest BCUT2D eigenvalue weighted by molar-refractivity contribution is 5.89. The second-order valence-corrected chi connectivity index (χ2v) is 11.3. The Morgan fingerprint density at radius 2 is 1.23 bits per heavy atom. The van der Waals surface area contributed by atoms with Gasteiger partial charge in [0.2, 0.25) is 0 Å². The van der Waals surface area contributed by atoms with Crippen LogP contribution in [0.15, 0.2) is 77.8 Å². The molecular formula is C39H51NO4. The minimum atomic E-state index is -0.428. The zero-order valence-corrected chi connectivity index (χ0v) is 27.1. The molecule has 0 atom stereocenters. The number of hydrogen-bond acceptors (Lipinski definition) is 5. The fraction of sp³-hybridized carbons (Fsp3) is 0.436. The topological polar surface area (TPSA) is 57.1 Å². The molecular weight excluding hydrogens is 546 g/mol. The normalized spacial score (nSPS) is 11.3. The fourth-order valence-electron chi connectivity index (χ4n) is 4.79. The average Bonchev–Trinajstić information content (AvgIpc) is 3.04. The maximum absolute atomic E-state index is 12.4. The highest BCUT2D eigenvalue weighted by Crippen LogP contribution is 2.28. The molecule has 0 aromatic heterocycles. The standard InChI is InChI=1S/C39H51NO4/c1-4-6-8-10-12-14-29-42-35-24-19-33(20-25-35)23-28-39(41)44-36-26-21-34(22-27-36)31-40-37-17-16-18-38(32(37)3)43-30-15-13-11-9-7-5-2/h16-28,31H,4-15,29-30H2,1-3H3/b28-23+,40-31?. The first-order valence-corrected chi connectivity index (χ1v) is 16.6. The Hall–Kier alpha value is -3.86. The molecule has 5 heteroatoms. The van der Waals surface area contributed by atoms with Crippen molar-refractivity contribution >= 4 is 23.9 Å². The van der Waals surface area contributed by atoms with Crippen LogP contribution >= 0.6 is 0 Å². The number of benzene rings is 3. The molecule has 0 aliphatic heterocycles. The predicted octanol–water partition coefficient (Wildman–Crippen LogP) is 10.8. The van der Waals surface area contributed by atoms with Crippen molar-refractivity contribution in [1.29, 1.82) is 0 Å². The first-order valence-electron chi connectivity index (χ1n) is 16.6. The van der Waals surface area contributed by atoms with Gasteiger partial charge < -0.3 is 14.2 Å². The van der Waals surface area contributed by atoms with Gasteiger partial charge in [-0.3, -0.25) is 4.99 Å². The van der Waals surface area contributed by atoms with E-state index in [1.54, 1.807) is 18.2 Å². The first-order chi connectivity index (χ1) is 21.6. The number of carbonyl (C=O) groups is 1. The van der Waals surface area contributed by atoms with Crippen LogP contribution in [0.4, 0.5) is 5.69 Å². The third-order valence-electron chi connectivity index (χ3n) is 7.52. The number of ether oxygens (including phenoxy) is 3. The van der Waals surface area contributed by atoms with Gasteiger partial charge in [-0.05, 0) is 85.5 Å². The zero-order chi connectivity index (χ0) is 31.2. The van der Waals surface area contributed by atoms with Crippen LogP contribution in [0.1, 0.15) is 108 Å². The van der Waals surface area contributed by atoms with Gasteiger partial charge in [-0.1, -0.05) is 96.3 Å². The molecule has 5 nitrogen and oxygen atoms in total. The third kappa shape index (κ3) is 13.6. The number of nitrogens with zero attached hydrogens (tertiary/aromatic N) is 1. The van der Waals surface area contributed by atoms with Gasteiger partial charge in [-0.15, -0.1) is 0 Å². The molecule has 0 amide bonds. The summed E-state index contributed by atoms with van der Waals surface area (Å²) < 4.78 is 17.3. The van der Waals surface area contributed by atoms with E-state index in [0.29, 0.717) is 5.75 Å². The number of esters is 1. The number of rotatable bonds is 21. The molecule has 3 aromatic carbocycles. The number of aliphatic imine (C=N–C) groups is 1. The monoisotopic (exact) mass is 597 g/mol. The van der Waals surface area contributed by atoms with E-state index in [0.717, 1.165) is 59.9 Å². The van der Waals surface area contributed by atoms with E-state index < -0.39 is 5.97 Å². The Morgan fingerprint density at radius 1 is 0.659 bits per heavy atom. The van der Waals surface area contributed by atoms with Crippen LogP contribution < -0.4 is 14.2 Å². The van der Waals surface area contributed by atoms with E-state index in [1.807, 2.05) is 67.7 Å². The molecule has 0 radical (unpaired) electrons. The van der Waals surface area contributed by atoms with Crippen LogP contribution in [0.2, 0.25) is 0 Å². The maximum Gasteiger partial charge on any atom is 0.336 e. The summed E-state index contributed by atoms with van der Waals surface area (Å²) in [4.78, 5) is 17.0. The summed E-state index contributed by atoms with van der Waals surface area (Å²) in [7, 11) is 0. The van der Waals surface area contributed by atoms with E-state index >= 15 is 0 Å². The highest BCUT2D eigenvalue weighted by atomic mass is 16.5. The van der Waals surface area contributed by atoms with Crippen molar-refractivity contribution in [2.24, 2.45) is 4.99 Å². The molecule has 3 rings (SSSR count). The van der Waals surface area contributed by atoms with E-state index in [1.165, 1.54) is 70.3 Å². The third-order valence-corrected chi connectivity index (χ3v) is 7.52. The minimum absolute atomic E-state index is 0.428. The minimum Gasteiger partial charge on any atom is -0.494 e. The Morgan fingerprint density at radius 3 is 1.89 bits per heavy atom. The number of carbonyl (C=O) groups excluding carboxylic acids is 1. The van der Waals surface area contributed by atoms with Crippen molar-refractivity contribution in [2.75, 3.05) is 13.2 Å². The van der Waals surface area contributed by atoms with E-state index in [4.69, 9.17) is 14.2 Å². The lowest BCUT2D eigenvalue weighted by atomic mass is 10.1. The summed E-state index contributed by atoms with van der Waals surface area (Å²) >= 11 is 0. The largest absolute Gasteiger partial charge is 0.494 e. The quantitative estimate of drug-likeness (QED) is 0.0403. The number of hydrogen-bond donors (Lipinski definition) is 0. The number of unbranched alkanes of at least 4 members (excludes halogenated alkanes) is 10. The molecule has 44 heavy (non-hydrogen) atoms. The summed E-state index contributed by atoms with van der Waals surface area (Å²) in [6, 6.07) is 21.0. The molecule has 0 saturated heterocycles. The lowest BCUT2D eigenvalue weighted by Gasteiger charge is -2.10. The van der Waals surface area contributed by atoms with Crippen LogP contribution in [-0.2, 0) is 4.79 Å². The highest BCUT2D eigenvalue weighted by Gasteiger charge is 2.05. The molecule has 0 fully saturated rings. The Labute approximate surface area is 265 Å². The summed E-state index contributed by atoms with van der Waals surface area (Å²) in [5.41, 5.74) is 3.73. The van der Waals surface area contributed by atoms with Crippen molar-refractivity contribution in [3.8, 4) is 17.2 Å². The Balaban J connectivity index is 1.41. The molecule has 3 aromatic rings. The van der Waals surface area contributed by atoms with Gasteiger partial charge in [-0.25, -0.2) is 4.79 Å². The molecule has 0 heterocycles. The Bertz CT molecular complexity index is 1280. The van der Waals surface area contributed by atoms with E-state index in [2.05, 4.69) is 18.8 Å². The van der Waals surface area contributed by atoms with Crippen LogP contribution in [0.25, 0.3) is 6.08 Å². The van der Waals surface area contributed by atoms with Crippen molar-refractivity contribution in [2.45, 2.75) is 97.8 Å². The molecule has 0 unspecified atom stereocenters. The van der Waals surface area contributed by atoms with Gasteiger partial charge in [0.1, 0.15) is 17.2 Å². The van der Waals surface area contributed by atoms with E-state index in [-0.39, 0.29) is 0 Å². The van der Waals surface area contributed by atoms with Crippen LogP contribution in [0.5, 0.6) is 17.2 Å². The summed E-state index contributed by atoms with van der Waals surface area (Å²) in [5, 5.41) is 0. The van der Waals surface area contributed by atoms with Crippen molar-refractivity contribution in [3.05, 3.63) is 89.5 Å². The maximum atomic E-state index is 12.4. The molecule has 0 spiro atoms. The Kier molecular flexibility index (Phi) is 16.5. The van der Waals surface area contributed by atoms with Gasteiger partial charge in [0.25, 0.3) is 0 Å². The van der Waals surface area contributed by atoms with Crippen LogP contribution in [0, 0.1) is 6.92 Å². The fourth-order valence-corrected chi connectivity index (χ4v) is 4.79. The van der Waals surface area contributed by atoms with Gasteiger partial charge in [0, 0.05) is 17.9 Å². The first kappa shape index (κ1) is 34.6. The van der Waals surface area contributed by atoms with Crippen molar-refractivity contribution < 1.29 is 19.0 Å². The molecule has 0 N–H and O–H groups in total. The van der Waals surface area contributed by atoms with Gasteiger partial charge in [0.05, 0.1) is 18.9 Å². The van der Waals surface area contributed by atoms with Crippen molar-refractivity contribution in [3.63, 3.8) is 0 Å². The van der Waals surface area contributed by atoms with Crippen LogP contribution in [-0.4, -0.2) is 25.4 Å². The molecule has 0 bridgehead atoms. The van der Waals surface area contributed by atoms with Crippen molar-refractivity contribution in [1.82, 2.24) is 0 Å². The lowest BCUT2D eigenvalue weighted by molar-refractivity contribution is -0.128. The van der Waals surface area contributed by atoms with Gasteiger partial charge >= 0.3 is 5.97 Å². The molecule has 236 valence electrons. The van der Waals surface area contributed by atoms with Gasteiger partial charge in [0.15, 0.2) is 0 Å². The van der Waals surface area contributed by atoms with Gasteiger partial charge in [-0.2, -0.15) is 0 Å². The molecule has 0 aliphatic rings. The zero-order valence-electron chi connectivity index (χ0n) is 27.1. The van der Waals surface area contributed by atoms with E-state index in [9.17, 15) is 4.79 Å². The second-order valence-electron chi connectivity index (χ2n) is 11.3.